The Labute approximate surface area is 143 Å². The maximum atomic E-state index is 12.2. The molecule has 3 N–H and O–H groups in total. The summed E-state index contributed by atoms with van der Waals surface area (Å²) in [6.45, 7) is 2.06. The van der Waals surface area contributed by atoms with Crippen molar-refractivity contribution in [3.05, 3.63) is 64.1 Å². The number of anilines is 1. The molecule has 1 heterocycles. The highest BCUT2D eigenvalue weighted by Gasteiger charge is 2.08. The average molecular weight is 339 g/mol. The second kappa shape index (κ2) is 7.04. The molecule has 1 amide bonds. The van der Waals surface area contributed by atoms with Crippen LogP contribution in [0.1, 0.15) is 22.8 Å². The van der Waals surface area contributed by atoms with Crippen molar-refractivity contribution in [1.29, 1.82) is 0 Å². The predicted molar refractivity (Wildman–Crippen MR) is 93.7 cm³/mol. The molecule has 3 aromatic rings. The van der Waals surface area contributed by atoms with E-state index in [0.717, 1.165) is 5.56 Å². The van der Waals surface area contributed by atoms with Crippen LogP contribution in [0.25, 0.3) is 11.0 Å². The summed E-state index contributed by atoms with van der Waals surface area (Å²) in [7, 11) is 0. The number of hydrogen-bond donors (Lipinski definition) is 3. The molecule has 0 unspecified atom stereocenters. The van der Waals surface area contributed by atoms with Crippen LogP contribution in [0.4, 0.5) is 5.69 Å². The molecule has 0 fully saturated rings. The molecule has 0 aliphatic rings. The van der Waals surface area contributed by atoms with Crippen LogP contribution in [-0.2, 0) is 16.0 Å². The summed E-state index contributed by atoms with van der Waals surface area (Å²) in [6.07, 6.45) is 0.169. The number of aromatic amines is 2. The first-order valence-electron chi connectivity index (χ1n) is 7.83. The predicted octanol–water partition coefficient (Wildman–Crippen LogP) is 2.21. The van der Waals surface area contributed by atoms with Crippen molar-refractivity contribution in [3.8, 4) is 0 Å². The highest BCUT2D eigenvalue weighted by molar-refractivity contribution is 5.94. The molecule has 2 aromatic carbocycles. The summed E-state index contributed by atoms with van der Waals surface area (Å²) in [4.78, 5) is 40.3. The molecule has 0 saturated carbocycles. The minimum Gasteiger partial charge on any atom is -0.462 e. The molecule has 25 heavy (non-hydrogen) atoms. The van der Waals surface area contributed by atoms with Crippen LogP contribution in [0.2, 0.25) is 0 Å². The van der Waals surface area contributed by atoms with E-state index >= 15 is 0 Å². The van der Waals surface area contributed by atoms with Crippen LogP contribution < -0.4 is 11.0 Å². The van der Waals surface area contributed by atoms with Gasteiger partial charge in [-0.15, -0.1) is 0 Å². The zero-order chi connectivity index (χ0) is 17.8. The van der Waals surface area contributed by atoms with Crippen LogP contribution >= 0.6 is 0 Å². The first-order valence-corrected chi connectivity index (χ1v) is 7.83. The topological polar surface area (TPSA) is 104 Å². The zero-order valence-electron chi connectivity index (χ0n) is 13.6. The normalized spacial score (nSPS) is 10.6. The second-order valence-electron chi connectivity index (χ2n) is 5.48. The maximum Gasteiger partial charge on any atom is 0.338 e. The lowest BCUT2D eigenvalue weighted by Crippen LogP contribution is -2.14. The van der Waals surface area contributed by atoms with Crippen molar-refractivity contribution >= 4 is 28.6 Å². The first-order chi connectivity index (χ1) is 12.0. The van der Waals surface area contributed by atoms with Crippen molar-refractivity contribution in [2.45, 2.75) is 13.3 Å². The summed E-state index contributed by atoms with van der Waals surface area (Å²) in [5, 5.41) is 2.77. The van der Waals surface area contributed by atoms with Gasteiger partial charge in [0.05, 0.1) is 29.6 Å². The van der Waals surface area contributed by atoms with Gasteiger partial charge in [0.15, 0.2) is 0 Å². The number of carbonyl (C=O) groups excluding carboxylic acids is 2. The minimum absolute atomic E-state index is 0.169. The number of rotatable bonds is 5. The number of benzene rings is 2. The van der Waals surface area contributed by atoms with E-state index in [0.29, 0.717) is 28.9 Å². The maximum absolute atomic E-state index is 12.2. The highest BCUT2D eigenvalue weighted by Crippen LogP contribution is 2.13. The van der Waals surface area contributed by atoms with E-state index in [9.17, 15) is 14.4 Å². The average Bonchev–Trinajstić information content (AvgIpc) is 2.95. The van der Waals surface area contributed by atoms with Gasteiger partial charge in [-0.3, -0.25) is 4.79 Å². The van der Waals surface area contributed by atoms with E-state index in [1.54, 1.807) is 49.4 Å². The number of imidazole rings is 1. The Hall–Kier alpha value is -3.35. The Morgan fingerprint density at radius 3 is 2.48 bits per heavy atom. The number of H-pyrrole nitrogens is 2. The monoisotopic (exact) mass is 339 g/mol. The molecule has 0 aliphatic carbocycles. The largest absolute Gasteiger partial charge is 0.462 e. The van der Waals surface area contributed by atoms with Crippen LogP contribution in [0.5, 0.6) is 0 Å². The highest BCUT2D eigenvalue weighted by atomic mass is 16.5. The summed E-state index contributed by atoms with van der Waals surface area (Å²) in [6, 6.07) is 11.8. The van der Waals surface area contributed by atoms with Gasteiger partial charge >= 0.3 is 11.7 Å². The number of hydrogen-bond acceptors (Lipinski definition) is 4. The standard InChI is InChI=1S/C18H17N3O4/c1-2-25-17(23)12-4-6-13(7-5-12)19-16(22)10-11-3-8-14-15(9-11)21-18(24)20-14/h3-9H,2,10H2,1H3,(H,19,22)(H2,20,21,24). The molecule has 0 spiro atoms. The lowest BCUT2D eigenvalue weighted by Gasteiger charge is -2.07. The fourth-order valence-corrected chi connectivity index (χ4v) is 2.48. The molecule has 7 nitrogen and oxygen atoms in total. The number of ether oxygens (including phenoxy) is 1. The van der Waals surface area contributed by atoms with Gasteiger partial charge in [0.2, 0.25) is 5.91 Å². The number of esters is 1. The van der Waals surface area contributed by atoms with Crippen molar-refractivity contribution in [2.24, 2.45) is 0 Å². The van der Waals surface area contributed by atoms with Crippen LogP contribution in [0.15, 0.2) is 47.3 Å². The van der Waals surface area contributed by atoms with E-state index < -0.39 is 5.97 Å². The van der Waals surface area contributed by atoms with Gasteiger partial charge in [-0.1, -0.05) is 6.07 Å². The third kappa shape index (κ3) is 3.95. The fraction of sp³-hybridized carbons (Fsp3) is 0.167. The van der Waals surface area contributed by atoms with Gasteiger partial charge in [-0.25, -0.2) is 9.59 Å². The lowest BCUT2D eigenvalue weighted by atomic mass is 10.1. The van der Waals surface area contributed by atoms with Crippen LogP contribution in [-0.4, -0.2) is 28.5 Å². The van der Waals surface area contributed by atoms with Crippen LogP contribution in [0, 0.1) is 0 Å². The van der Waals surface area contributed by atoms with E-state index in [1.165, 1.54) is 0 Å². The molecule has 7 heteroatoms. The van der Waals surface area contributed by atoms with Gasteiger partial charge < -0.3 is 20.0 Å². The molecule has 128 valence electrons. The Morgan fingerprint density at radius 2 is 1.76 bits per heavy atom. The van der Waals surface area contributed by atoms with Crippen molar-refractivity contribution in [2.75, 3.05) is 11.9 Å². The molecule has 0 radical (unpaired) electrons. The summed E-state index contributed by atoms with van der Waals surface area (Å²) < 4.78 is 4.91. The first kappa shape index (κ1) is 16.5. The Kier molecular flexibility index (Phi) is 4.65. The summed E-state index contributed by atoms with van der Waals surface area (Å²) in [5.74, 6) is -0.588. The Balaban J connectivity index is 1.65. The van der Waals surface area contributed by atoms with E-state index in [4.69, 9.17) is 4.74 Å². The smallest absolute Gasteiger partial charge is 0.338 e. The van der Waals surface area contributed by atoms with Gasteiger partial charge in [0.25, 0.3) is 0 Å². The molecular formula is C18H17N3O4. The van der Waals surface area contributed by atoms with Crippen molar-refractivity contribution < 1.29 is 14.3 Å². The molecule has 3 rings (SSSR count). The quantitative estimate of drug-likeness (QED) is 0.620. The number of fused-ring (bicyclic) bond motifs is 1. The number of amides is 1. The molecule has 1 aromatic heterocycles. The van der Waals surface area contributed by atoms with Crippen molar-refractivity contribution in [1.82, 2.24) is 9.97 Å². The number of nitrogens with one attached hydrogen (secondary N) is 3. The third-order valence-corrected chi connectivity index (χ3v) is 3.62. The summed E-state index contributed by atoms with van der Waals surface area (Å²) >= 11 is 0. The molecule has 0 bridgehead atoms. The van der Waals surface area contributed by atoms with Crippen LogP contribution in [0.3, 0.4) is 0 Å². The van der Waals surface area contributed by atoms with Gasteiger partial charge in [0, 0.05) is 5.69 Å². The Morgan fingerprint density at radius 1 is 1.04 bits per heavy atom. The van der Waals surface area contributed by atoms with Gasteiger partial charge in [-0.05, 0) is 48.9 Å². The molecular weight excluding hydrogens is 322 g/mol. The SMILES string of the molecule is CCOC(=O)c1ccc(NC(=O)Cc2ccc3[nH]c(=O)[nH]c3c2)cc1. The van der Waals surface area contributed by atoms with E-state index in [-0.39, 0.29) is 18.0 Å². The summed E-state index contributed by atoms with van der Waals surface area (Å²) in [5.41, 5.74) is 2.88. The van der Waals surface area contributed by atoms with Gasteiger partial charge in [0.1, 0.15) is 0 Å². The number of aromatic nitrogens is 2. The van der Waals surface area contributed by atoms with E-state index in [2.05, 4.69) is 15.3 Å². The van der Waals surface area contributed by atoms with Crippen molar-refractivity contribution in [3.63, 3.8) is 0 Å². The second-order valence-corrected chi connectivity index (χ2v) is 5.48. The number of carbonyl (C=O) groups is 2. The van der Waals surface area contributed by atoms with Gasteiger partial charge in [-0.2, -0.15) is 0 Å². The fourth-order valence-electron chi connectivity index (χ4n) is 2.48. The minimum atomic E-state index is -0.394. The zero-order valence-corrected chi connectivity index (χ0v) is 13.6. The lowest BCUT2D eigenvalue weighted by molar-refractivity contribution is -0.115. The molecule has 0 aliphatic heterocycles. The van der Waals surface area contributed by atoms with E-state index in [1.807, 2.05) is 0 Å². The third-order valence-electron chi connectivity index (χ3n) is 3.62. The molecule has 0 saturated heterocycles. The molecule has 0 atom stereocenters. The Bertz CT molecular complexity index is 970.